The van der Waals surface area contributed by atoms with Gasteiger partial charge in [0.25, 0.3) is 0 Å². The van der Waals surface area contributed by atoms with E-state index in [-0.39, 0.29) is 22.4 Å². The fourth-order valence-corrected chi connectivity index (χ4v) is 2.13. The van der Waals surface area contributed by atoms with Gasteiger partial charge in [0.05, 0.1) is 16.5 Å². The second kappa shape index (κ2) is 5.37. The molecular weight excluding hydrogens is 254 g/mol. The smallest absolute Gasteiger partial charge is 0.250 e. The van der Waals surface area contributed by atoms with Gasteiger partial charge in [-0.15, -0.1) is 0 Å². The number of rotatable bonds is 3. The third-order valence-corrected chi connectivity index (χ3v) is 3.26. The highest BCUT2D eigenvalue weighted by atomic mass is 35.5. The molecule has 0 bridgehead atoms. The number of anilines is 1. The van der Waals surface area contributed by atoms with Gasteiger partial charge in [-0.1, -0.05) is 11.6 Å². The number of amides is 2. The van der Waals surface area contributed by atoms with Crippen molar-refractivity contribution in [2.45, 2.75) is 6.42 Å². The normalized spacial score (nSPS) is 18.6. The Hall–Kier alpha value is -1.59. The number of hydrogen-bond donors (Lipinski definition) is 3. The molecule has 1 heterocycles. The number of carbonyl (C=O) groups excluding carboxylic acids is 2. The number of benzene rings is 1. The van der Waals surface area contributed by atoms with E-state index in [0.717, 1.165) is 13.0 Å². The van der Waals surface area contributed by atoms with Gasteiger partial charge in [0.15, 0.2) is 0 Å². The van der Waals surface area contributed by atoms with E-state index in [2.05, 4.69) is 10.6 Å². The molecule has 0 saturated carbocycles. The fraction of sp³-hybridized carbons (Fsp3) is 0.333. The van der Waals surface area contributed by atoms with E-state index in [0.29, 0.717) is 12.2 Å². The van der Waals surface area contributed by atoms with Gasteiger partial charge < -0.3 is 16.4 Å². The highest BCUT2D eigenvalue weighted by Crippen LogP contribution is 2.21. The van der Waals surface area contributed by atoms with Crippen LogP contribution in [0.25, 0.3) is 0 Å². The Morgan fingerprint density at radius 1 is 1.44 bits per heavy atom. The van der Waals surface area contributed by atoms with Crippen molar-refractivity contribution in [2.75, 3.05) is 18.4 Å². The highest BCUT2D eigenvalue weighted by molar-refractivity contribution is 6.33. The molecule has 1 aromatic rings. The fourth-order valence-electron chi connectivity index (χ4n) is 1.91. The lowest BCUT2D eigenvalue weighted by Crippen LogP contribution is -2.24. The lowest BCUT2D eigenvalue weighted by molar-refractivity contribution is -0.119. The van der Waals surface area contributed by atoms with Crippen LogP contribution in [0, 0.1) is 5.92 Å². The second-order valence-electron chi connectivity index (χ2n) is 4.24. The molecule has 2 amide bonds. The third-order valence-electron chi connectivity index (χ3n) is 2.93. The Morgan fingerprint density at radius 2 is 2.22 bits per heavy atom. The summed E-state index contributed by atoms with van der Waals surface area (Å²) in [5.41, 5.74) is 5.93. The molecule has 1 aromatic carbocycles. The molecule has 1 atom stereocenters. The van der Waals surface area contributed by atoms with Crippen LogP contribution in [0.4, 0.5) is 5.69 Å². The molecule has 0 radical (unpaired) electrons. The lowest BCUT2D eigenvalue weighted by atomic mass is 10.1. The van der Waals surface area contributed by atoms with Crippen molar-refractivity contribution in [1.29, 1.82) is 0 Å². The van der Waals surface area contributed by atoms with Crippen molar-refractivity contribution in [3.63, 3.8) is 0 Å². The molecule has 1 aliphatic rings. The van der Waals surface area contributed by atoms with Crippen LogP contribution < -0.4 is 16.4 Å². The van der Waals surface area contributed by atoms with Crippen LogP contribution in [0.15, 0.2) is 18.2 Å². The zero-order valence-corrected chi connectivity index (χ0v) is 10.5. The summed E-state index contributed by atoms with van der Waals surface area (Å²) >= 11 is 5.83. The van der Waals surface area contributed by atoms with Gasteiger partial charge in [0.2, 0.25) is 11.8 Å². The molecule has 6 heteroatoms. The Bertz CT molecular complexity index is 484. The van der Waals surface area contributed by atoms with E-state index < -0.39 is 5.91 Å². The first kappa shape index (κ1) is 12.9. The Morgan fingerprint density at radius 3 is 2.83 bits per heavy atom. The van der Waals surface area contributed by atoms with Crippen LogP contribution in [0.2, 0.25) is 5.02 Å². The van der Waals surface area contributed by atoms with E-state index in [1.54, 1.807) is 12.1 Å². The average Bonchev–Trinajstić information content (AvgIpc) is 2.85. The van der Waals surface area contributed by atoms with Gasteiger partial charge in [-0.25, -0.2) is 0 Å². The molecule has 0 aliphatic carbocycles. The topological polar surface area (TPSA) is 84.2 Å². The first-order valence-corrected chi connectivity index (χ1v) is 6.06. The molecule has 2 rings (SSSR count). The first-order chi connectivity index (χ1) is 8.58. The SMILES string of the molecule is NC(=O)c1cc(NC(=O)C2CCNC2)ccc1Cl. The molecule has 1 saturated heterocycles. The van der Waals surface area contributed by atoms with Crippen molar-refractivity contribution in [2.24, 2.45) is 11.7 Å². The number of carbonyl (C=O) groups is 2. The van der Waals surface area contributed by atoms with Crippen molar-refractivity contribution in [3.05, 3.63) is 28.8 Å². The van der Waals surface area contributed by atoms with Crippen LogP contribution >= 0.6 is 11.6 Å². The molecule has 96 valence electrons. The van der Waals surface area contributed by atoms with Crippen molar-refractivity contribution < 1.29 is 9.59 Å². The number of halogens is 1. The number of hydrogen-bond acceptors (Lipinski definition) is 3. The van der Waals surface area contributed by atoms with E-state index in [1.807, 2.05) is 0 Å². The predicted molar refractivity (Wildman–Crippen MR) is 69.6 cm³/mol. The quantitative estimate of drug-likeness (QED) is 0.763. The van der Waals surface area contributed by atoms with Crippen LogP contribution in [-0.2, 0) is 4.79 Å². The summed E-state index contributed by atoms with van der Waals surface area (Å²) in [4.78, 5) is 23.0. The van der Waals surface area contributed by atoms with E-state index in [1.165, 1.54) is 6.07 Å². The summed E-state index contributed by atoms with van der Waals surface area (Å²) in [6.07, 6.45) is 0.822. The Labute approximate surface area is 110 Å². The van der Waals surface area contributed by atoms with Gasteiger partial charge in [-0.3, -0.25) is 9.59 Å². The van der Waals surface area contributed by atoms with Crippen LogP contribution in [0.5, 0.6) is 0 Å². The van der Waals surface area contributed by atoms with E-state index in [4.69, 9.17) is 17.3 Å². The average molecular weight is 268 g/mol. The number of nitrogens with one attached hydrogen (secondary N) is 2. The third kappa shape index (κ3) is 2.80. The molecule has 18 heavy (non-hydrogen) atoms. The molecule has 0 spiro atoms. The van der Waals surface area contributed by atoms with Crippen LogP contribution in [0.1, 0.15) is 16.8 Å². The molecular formula is C12H14ClN3O2. The molecule has 0 aromatic heterocycles. The predicted octanol–water partition coefficient (Wildman–Crippen LogP) is 0.987. The van der Waals surface area contributed by atoms with Crippen LogP contribution in [0.3, 0.4) is 0 Å². The lowest BCUT2D eigenvalue weighted by Gasteiger charge is -2.11. The number of nitrogens with two attached hydrogens (primary N) is 1. The minimum Gasteiger partial charge on any atom is -0.366 e. The Kier molecular flexibility index (Phi) is 3.84. The van der Waals surface area contributed by atoms with E-state index >= 15 is 0 Å². The molecule has 1 unspecified atom stereocenters. The summed E-state index contributed by atoms with van der Waals surface area (Å²) in [5.74, 6) is -0.700. The summed E-state index contributed by atoms with van der Waals surface area (Å²) in [6, 6.07) is 4.68. The first-order valence-electron chi connectivity index (χ1n) is 5.69. The standard InChI is InChI=1S/C12H14ClN3O2/c13-10-2-1-8(5-9(10)11(14)17)16-12(18)7-3-4-15-6-7/h1-2,5,7,15H,3-4,6H2,(H2,14,17)(H,16,18). The van der Waals surface area contributed by atoms with Gasteiger partial charge in [0, 0.05) is 12.2 Å². The minimum absolute atomic E-state index is 0.0299. The summed E-state index contributed by atoms with van der Waals surface area (Å²) in [5, 5.41) is 6.16. The van der Waals surface area contributed by atoms with Crippen molar-refractivity contribution in [3.8, 4) is 0 Å². The molecule has 1 aliphatic heterocycles. The van der Waals surface area contributed by atoms with Gasteiger partial charge in [-0.2, -0.15) is 0 Å². The zero-order chi connectivity index (χ0) is 13.1. The maximum atomic E-state index is 11.9. The maximum absolute atomic E-state index is 11.9. The maximum Gasteiger partial charge on any atom is 0.250 e. The van der Waals surface area contributed by atoms with Crippen LogP contribution in [-0.4, -0.2) is 24.9 Å². The van der Waals surface area contributed by atoms with Gasteiger partial charge in [-0.05, 0) is 31.2 Å². The van der Waals surface area contributed by atoms with E-state index in [9.17, 15) is 9.59 Å². The van der Waals surface area contributed by atoms with Gasteiger partial charge in [0.1, 0.15) is 0 Å². The van der Waals surface area contributed by atoms with Gasteiger partial charge >= 0.3 is 0 Å². The monoisotopic (exact) mass is 267 g/mol. The molecule has 4 N–H and O–H groups in total. The van der Waals surface area contributed by atoms with Crippen molar-refractivity contribution >= 4 is 29.1 Å². The number of primary amides is 1. The largest absolute Gasteiger partial charge is 0.366 e. The van der Waals surface area contributed by atoms with Crippen molar-refractivity contribution in [1.82, 2.24) is 5.32 Å². The Balaban J connectivity index is 2.11. The highest BCUT2D eigenvalue weighted by Gasteiger charge is 2.22. The second-order valence-corrected chi connectivity index (χ2v) is 4.65. The summed E-state index contributed by atoms with van der Waals surface area (Å²) in [7, 11) is 0. The zero-order valence-electron chi connectivity index (χ0n) is 9.70. The minimum atomic E-state index is -0.612. The molecule has 1 fully saturated rings. The summed E-state index contributed by atoms with van der Waals surface area (Å²) in [6.45, 7) is 1.54. The summed E-state index contributed by atoms with van der Waals surface area (Å²) < 4.78 is 0. The molecule has 5 nitrogen and oxygen atoms in total.